The van der Waals surface area contributed by atoms with E-state index in [1.165, 1.54) is 40.7 Å². The number of carbonyl (C=O) groups excluding carboxylic acids is 1. The summed E-state index contributed by atoms with van der Waals surface area (Å²) >= 11 is 0. The Morgan fingerprint density at radius 3 is 2.33 bits per heavy atom. The molecule has 0 spiro atoms. The van der Waals surface area contributed by atoms with Crippen molar-refractivity contribution in [3.05, 3.63) is 139 Å². The summed E-state index contributed by atoms with van der Waals surface area (Å²) in [6, 6.07) is 15.1. The van der Waals surface area contributed by atoms with Crippen molar-refractivity contribution < 1.29 is 27.0 Å². The van der Waals surface area contributed by atoms with Gasteiger partial charge in [-0.1, -0.05) is 18.1 Å². The number of rotatable bonds is 9. The largest absolute Gasteiger partial charge is 0.438 e. The maximum atomic E-state index is 16.1. The van der Waals surface area contributed by atoms with Crippen molar-refractivity contribution in [1.29, 1.82) is 0 Å². The number of nitrogens with zero attached hydrogens (tertiary/aromatic N) is 8. The number of nitrogens with one attached hydrogen (secondary N) is 1. The molecule has 0 unspecified atom stereocenters. The van der Waals surface area contributed by atoms with Crippen LogP contribution in [0.2, 0.25) is 0 Å². The summed E-state index contributed by atoms with van der Waals surface area (Å²) in [7, 11) is -1.33. The Labute approximate surface area is 378 Å². The second-order valence-electron chi connectivity index (χ2n) is 18.3. The third kappa shape index (κ3) is 6.42. The summed E-state index contributed by atoms with van der Waals surface area (Å²) in [5.74, 6) is -1.09. The van der Waals surface area contributed by atoms with E-state index in [0.29, 0.717) is 77.4 Å². The summed E-state index contributed by atoms with van der Waals surface area (Å²) in [5, 5.41) is 9.95. The van der Waals surface area contributed by atoms with Gasteiger partial charge in [-0.25, -0.2) is 31.6 Å². The summed E-state index contributed by atoms with van der Waals surface area (Å²) in [6.45, 7) is 8.91. The molecule has 4 atom stereocenters. The van der Waals surface area contributed by atoms with E-state index in [9.17, 15) is 13.8 Å². The Morgan fingerprint density at radius 1 is 0.955 bits per heavy atom. The third-order valence-corrected chi connectivity index (χ3v) is 17.2. The highest BCUT2D eigenvalue weighted by Crippen LogP contribution is 2.56. The quantitative estimate of drug-likeness (QED) is 0.156. The molecular weight excluding hydrogens is 869 g/mol. The Bertz CT molecular complexity index is 3370. The van der Waals surface area contributed by atoms with Gasteiger partial charge in [-0.2, -0.15) is 5.10 Å². The van der Waals surface area contributed by atoms with E-state index in [1.807, 2.05) is 23.6 Å². The monoisotopic (exact) mass is 917 g/mol. The standard InChI is InChI=1S/C48H49F2N9O6S/c1-26-20-33(21-27(2)42(26)50)59-43(57-17-16-56(47(57)62)39-11-9-35(24-36(39)49)66(63,51-5)34-7-8-34)41-29(4)55(15-12-37(41)53-59)44(60)40-23-32-22-31(30-13-18-64-19-14-30)6-10-38(32)58(40)48(25-28(48)3)45-52-46(61)65-54-45/h6,9-11,16-17,20-24,28-30,34H,7-8,12-15,18-19,25H2,1-5H3,(H,52,54,61)/t28-,29-,48-,66+/m0/s1. The number of imidazole rings is 1. The maximum Gasteiger partial charge on any atom is 0.438 e. The van der Waals surface area contributed by atoms with Gasteiger partial charge in [0.05, 0.1) is 37.7 Å². The van der Waals surface area contributed by atoms with Gasteiger partial charge in [0.2, 0.25) is 0 Å². The molecule has 0 bridgehead atoms. The average molecular weight is 918 g/mol. The van der Waals surface area contributed by atoms with Crippen LogP contribution in [-0.4, -0.2) is 80.7 Å². The van der Waals surface area contributed by atoms with Crippen LogP contribution >= 0.6 is 0 Å². The van der Waals surface area contributed by atoms with Crippen LogP contribution in [0.1, 0.15) is 102 Å². The molecule has 2 aliphatic heterocycles. The number of H-pyrrole nitrogens is 1. The first kappa shape index (κ1) is 42.2. The van der Waals surface area contributed by atoms with Crippen LogP contribution in [0.4, 0.5) is 8.78 Å². The number of fused-ring (bicyclic) bond motifs is 2. The summed E-state index contributed by atoms with van der Waals surface area (Å²) in [5.41, 5.74) is 3.36. The zero-order valence-electron chi connectivity index (χ0n) is 37.2. The number of amides is 1. The molecule has 3 aromatic carbocycles. The van der Waals surface area contributed by atoms with Gasteiger partial charge in [-0.15, -0.1) is 0 Å². The van der Waals surface area contributed by atoms with Crippen molar-refractivity contribution in [2.75, 3.05) is 26.8 Å². The van der Waals surface area contributed by atoms with Crippen molar-refractivity contribution in [2.24, 2.45) is 10.3 Å². The number of aromatic amines is 1. The smallest absolute Gasteiger partial charge is 0.381 e. The lowest BCUT2D eigenvalue weighted by molar-refractivity contribution is 0.0663. The molecule has 11 rings (SSSR count). The lowest BCUT2D eigenvalue weighted by atomic mass is 9.91. The number of aryl methyl sites for hydroxylation is 2. The molecule has 66 heavy (non-hydrogen) atoms. The van der Waals surface area contributed by atoms with E-state index in [4.69, 9.17) is 14.4 Å². The molecule has 0 radical (unpaired) electrons. The third-order valence-electron chi connectivity index (χ3n) is 14.4. The van der Waals surface area contributed by atoms with Gasteiger partial charge >= 0.3 is 11.4 Å². The fourth-order valence-electron chi connectivity index (χ4n) is 10.6. The number of aromatic nitrogens is 7. The highest BCUT2D eigenvalue weighted by Gasteiger charge is 2.59. The van der Waals surface area contributed by atoms with Crippen LogP contribution in [0, 0.1) is 31.4 Å². The van der Waals surface area contributed by atoms with E-state index < -0.39 is 38.6 Å². The highest BCUT2D eigenvalue weighted by atomic mass is 32.2. The highest BCUT2D eigenvalue weighted by molar-refractivity contribution is 7.94. The van der Waals surface area contributed by atoms with Gasteiger partial charge < -0.3 is 14.2 Å². The van der Waals surface area contributed by atoms with Crippen molar-refractivity contribution in [1.82, 2.24) is 38.5 Å². The molecule has 4 aliphatic rings. The van der Waals surface area contributed by atoms with Gasteiger partial charge in [-0.3, -0.25) is 23.4 Å². The molecule has 6 heterocycles. The minimum absolute atomic E-state index is 0.00528. The predicted molar refractivity (Wildman–Crippen MR) is 242 cm³/mol. The number of halogens is 2. The number of benzene rings is 3. The molecule has 3 fully saturated rings. The average Bonchev–Trinajstić information content (AvgIpc) is 4.05. The Balaban J connectivity index is 1.04. The van der Waals surface area contributed by atoms with Gasteiger partial charge in [-0.05, 0) is 130 Å². The van der Waals surface area contributed by atoms with E-state index in [-0.39, 0.29) is 40.0 Å². The minimum Gasteiger partial charge on any atom is -0.381 e. The van der Waals surface area contributed by atoms with Crippen LogP contribution in [0.25, 0.3) is 28.1 Å². The van der Waals surface area contributed by atoms with Gasteiger partial charge in [0.1, 0.15) is 28.7 Å². The normalized spacial score (nSPS) is 21.8. The van der Waals surface area contributed by atoms with Crippen LogP contribution in [0.15, 0.2) is 90.4 Å². The molecule has 342 valence electrons. The number of ether oxygens (including phenoxy) is 1. The molecule has 7 aromatic rings. The van der Waals surface area contributed by atoms with E-state index in [1.54, 1.807) is 41.6 Å². The molecule has 2 aliphatic carbocycles. The minimum atomic E-state index is -2.81. The second-order valence-corrected chi connectivity index (χ2v) is 21.0. The number of hydrogen-bond donors (Lipinski definition) is 1. The maximum absolute atomic E-state index is 16.1. The summed E-state index contributed by atoms with van der Waals surface area (Å²) in [4.78, 5) is 47.4. The Morgan fingerprint density at radius 2 is 1.68 bits per heavy atom. The van der Waals surface area contributed by atoms with E-state index >= 15 is 13.6 Å². The molecule has 1 saturated heterocycles. The fourth-order valence-corrected chi connectivity index (χ4v) is 12.8. The molecule has 1 amide bonds. The van der Waals surface area contributed by atoms with E-state index in [2.05, 4.69) is 33.6 Å². The molecular formula is C48H49F2N9O6S. The van der Waals surface area contributed by atoms with Crippen molar-refractivity contribution in [2.45, 2.75) is 93.9 Å². The lowest BCUT2D eigenvalue weighted by Crippen LogP contribution is -2.41. The first-order chi connectivity index (χ1) is 31.7. The van der Waals surface area contributed by atoms with Crippen molar-refractivity contribution in [3.63, 3.8) is 0 Å². The zero-order valence-corrected chi connectivity index (χ0v) is 38.0. The Hall–Kier alpha value is -6.40. The molecule has 15 nitrogen and oxygen atoms in total. The fraction of sp³-hybridized carbons (Fsp3) is 0.396. The molecule has 4 aromatic heterocycles. The topological polar surface area (TPSA) is 168 Å². The summed E-state index contributed by atoms with van der Waals surface area (Å²) in [6.07, 6.45) is 7.21. The number of carbonyl (C=O) groups is 1. The van der Waals surface area contributed by atoms with Crippen LogP contribution in [-0.2, 0) is 26.4 Å². The van der Waals surface area contributed by atoms with Gasteiger partial charge in [0.25, 0.3) is 5.91 Å². The van der Waals surface area contributed by atoms with Crippen LogP contribution < -0.4 is 11.4 Å². The van der Waals surface area contributed by atoms with Crippen molar-refractivity contribution >= 4 is 26.5 Å². The van der Waals surface area contributed by atoms with Crippen LogP contribution in [0.3, 0.4) is 0 Å². The Kier molecular flexibility index (Phi) is 9.82. The zero-order chi connectivity index (χ0) is 46.0. The molecule has 18 heteroatoms. The summed E-state index contributed by atoms with van der Waals surface area (Å²) < 4.78 is 66.0. The first-order valence-corrected chi connectivity index (χ1v) is 24.1. The van der Waals surface area contributed by atoms with Crippen LogP contribution in [0.5, 0.6) is 0 Å². The molecule has 1 N–H and O–H groups in total. The SMILES string of the molecule is CN=[S@](=O)(c1ccc(-n2ccn(-c3c4c(nn3-c3cc(C)c(F)c(C)c3)CCN(C(=O)c3cc5cc(C6CCOCC6)ccc5n3[C@@]3(c5noc(=O)[nH]5)C[C@@H]3C)[C@H]4C)c2=O)c(F)c1)C1CC1. The predicted octanol–water partition coefficient (Wildman–Crippen LogP) is 7.40. The lowest BCUT2D eigenvalue weighted by Gasteiger charge is -2.34. The van der Waals surface area contributed by atoms with Gasteiger partial charge in [0, 0.05) is 67.3 Å². The van der Waals surface area contributed by atoms with Crippen molar-refractivity contribution in [3.8, 4) is 17.2 Å². The molecule has 2 saturated carbocycles. The van der Waals surface area contributed by atoms with E-state index in [0.717, 1.165) is 42.1 Å². The first-order valence-electron chi connectivity index (χ1n) is 22.5. The number of hydrogen-bond acceptors (Lipinski definition) is 9. The second kappa shape index (κ2) is 15.3. The van der Waals surface area contributed by atoms with Gasteiger partial charge in [0.15, 0.2) is 5.82 Å².